The Kier molecular flexibility index (Phi) is 7.48. The van der Waals surface area contributed by atoms with Gasteiger partial charge in [-0.1, -0.05) is 13.0 Å². The van der Waals surface area contributed by atoms with Crippen LogP contribution >= 0.6 is 0 Å². The van der Waals surface area contributed by atoms with E-state index in [1.807, 2.05) is 25.1 Å². The number of halogens is 6. The molecule has 1 saturated carbocycles. The second kappa shape index (κ2) is 10.5. The summed E-state index contributed by atoms with van der Waals surface area (Å²) >= 11 is 0. The first-order chi connectivity index (χ1) is 18.8. The highest BCUT2D eigenvalue weighted by Crippen LogP contribution is 2.49. The van der Waals surface area contributed by atoms with Crippen molar-refractivity contribution in [3.63, 3.8) is 0 Å². The maximum absolute atomic E-state index is 13.6. The van der Waals surface area contributed by atoms with Gasteiger partial charge in [0, 0.05) is 25.0 Å². The van der Waals surface area contributed by atoms with E-state index < -0.39 is 35.1 Å². The number of ether oxygens (including phenoxy) is 3. The Morgan fingerprint density at radius 1 is 0.975 bits per heavy atom. The lowest BCUT2D eigenvalue weighted by Crippen LogP contribution is -2.56. The SMILES string of the molecule is COC(=O)[C@@H](C)C(c1ccc2c(c1)O[C@H](C1CN([C@H](C)c3cc(C(F)(F)F)ccc3C(F)(F)F)C1)CO2)C1CC1. The zero-order chi connectivity index (χ0) is 29.0. The van der Waals surface area contributed by atoms with Crippen molar-refractivity contribution >= 4 is 5.97 Å². The maximum atomic E-state index is 13.6. The molecule has 2 aliphatic heterocycles. The molecule has 1 saturated heterocycles. The number of carbonyl (C=O) groups is 1. The van der Waals surface area contributed by atoms with E-state index in [9.17, 15) is 31.1 Å². The summed E-state index contributed by atoms with van der Waals surface area (Å²) in [6, 6.07) is 6.35. The van der Waals surface area contributed by atoms with E-state index in [4.69, 9.17) is 14.2 Å². The molecular formula is C29H31F6NO4. The molecule has 2 aromatic rings. The van der Waals surface area contributed by atoms with Crippen LogP contribution in [0.3, 0.4) is 0 Å². The fourth-order valence-corrected chi connectivity index (χ4v) is 5.94. The lowest BCUT2D eigenvalue weighted by atomic mass is 9.83. The molecule has 2 aromatic carbocycles. The summed E-state index contributed by atoms with van der Waals surface area (Å²) in [5.41, 5.74) is -1.62. The molecule has 5 nitrogen and oxygen atoms in total. The van der Waals surface area contributed by atoms with Gasteiger partial charge in [0.2, 0.25) is 0 Å². The largest absolute Gasteiger partial charge is 0.486 e. The minimum Gasteiger partial charge on any atom is -0.486 e. The first-order valence-corrected chi connectivity index (χ1v) is 13.3. The van der Waals surface area contributed by atoms with Crippen LogP contribution in [0, 0.1) is 17.8 Å². The number of benzene rings is 2. The van der Waals surface area contributed by atoms with Crippen molar-refractivity contribution in [2.75, 3.05) is 26.8 Å². The number of hydrogen-bond donors (Lipinski definition) is 0. The Hall–Kier alpha value is -2.95. The van der Waals surface area contributed by atoms with Crippen LogP contribution in [-0.2, 0) is 21.9 Å². The Bertz CT molecular complexity index is 1250. The van der Waals surface area contributed by atoms with Crippen LogP contribution in [0.25, 0.3) is 0 Å². The topological polar surface area (TPSA) is 48.0 Å². The standard InChI is InChI=1S/C29H31F6NO4/c1-15(27(37)38-3)26(17-4-5-17)18-6-9-23-24(10-18)40-25(14-39-23)19-12-36(13-19)16(2)21-11-20(28(30,31)32)7-8-22(21)29(33,34)35/h6-11,15-17,19,25-26H,4-5,12-14H2,1-3H3/t15-,16+,25-,26?/m0/s1. The molecule has 1 unspecified atom stereocenters. The predicted molar refractivity (Wildman–Crippen MR) is 133 cm³/mol. The number of methoxy groups -OCH3 is 1. The van der Waals surface area contributed by atoms with Crippen molar-refractivity contribution in [2.24, 2.45) is 17.8 Å². The van der Waals surface area contributed by atoms with Crippen molar-refractivity contribution in [1.29, 1.82) is 0 Å². The highest BCUT2D eigenvalue weighted by Gasteiger charge is 2.44. The van der Waals surface area contributed by atoms with Crippen LogP contribution in [0.15, 0.2) is 36.4 Å². The fraction of sp³-hybridized carbons (Fsp3) is 0.552. The number of hydrogen-bond acceptors (Lipinski definition) is 5. The van der Waals surface area contributed by atoms with Gasteiger partial charge in [-0.2, -0.15) is 26.3 Å². The van der Waals surface area contributed by atoms with Gasteiger partial charge in [-0.3, -0.25) is 9.69 Å². The average Bonchev–Trinajstić information content (AvgIpc) is 3.70. The molecule has 0 radical (unpaired) electrons. The van der Waals surface area contributed by atoms with Gasteiger partial charge in [0.25, 0.3) is 0 Å². The van der Waals surface area contributed by atoms with Crippen molar-refractivity contribution in [1.82, 2.24) is 4.90 Å². The highest BCUT2D eigenvalue weighted by molar-refractivity contribution is 5.73. The second-order valence-electron chi connectivity index (χ2n) is 11.0. The third kappa shape index (κ3) is 5.62. The van der Waals surface area contributed by atoms with E-state index in [0.717, 1.165) is 18.4 Å². The van der Waals surface area contributed by atoms with E-state index in [-0.39, 0.29) is 36.4 Å². The van der Waals surface area contributed by atoms with Crippen LogP contribution in [0.4, 0.5) is 26.3 Å². The number of likely N-dealkylation sites (tertiary alicyclic amines) is 1. The molecule has 3 aliphatic rings. The number of fused-ring (bicyclic) bond motifs is 1. The number of carbonyl (C=O) groups excluding carboxylic acids is 1. The lowest BCUT2D eigenvalue weighted by molar-refractivity contribution is -0.146. The Balaban J connectivity index is 1.29. The summed E-state index contributed by atoms with van der Waals surface area (Å²) in [4.78, 5) is 14.0. The van der Waals surface area contributed by atoms with Crippen molar-refractivity contribution in [2.45, 2.75) is 57.1 Å². The molecular weight excluding hydrogens is 540 g/mol. The van der Waals surface area contributed by atoms with Gasteiger partial charge in [0.15, 0.2) is 11.5 Å². The first-order valence-electron chi connectivity index (χ1n) is 13.3. The normalized spacial score (nSPS) is 22.3. The molecule has 0 amide bonds. The highest BCUT2D eigenvalue weighted by atomic mass is 19.4. The summed E-state index contributed by atoms with van der Waals surface area (Å²) < 4.78 is 97.8. The zero-order valence-electron chi connectivity index (χ0n) is 22.3. The molecule has 218 valence electrons. The molecule has 0 spiro atoms. The van der Waals surface area contributed by atoms with Crippen molar-refractivity contribution < 1.29 is 45.3 Å². The van der Waals surface area contributed by atoms with Crippen LogP contribution in [-0.4, -0.2) is 43.8 Å². The third-order valence-electron chi connectivity index (χ3n) is 8.42. The molecule has 0 N–H and O–H groups in total. The van der Waals surface area contributed by atoms with Gasteiger partial charge in [-0.15, -0.1) is 0 Å². The quantitative estimate of drug-likeness (QED) is 0.269. The number of esters is 1. The van der Waals surface area contributed by atoms with Gasteiger partial charge in [-0.05, 0) is 73.1 Å². The summed E-state index contributed by atoms with van der Waals surface area (Å²) in [5, 5.41) is 0. The monoisotopic (exact) mass is 571 g/mol. The molecule has 1 aliphatic carbocycles. The maximum Gasteiger partial charge on any atom is 0.416 e. The smallest absolute Gasteiger partial charge is 0.416 e. The second-order valence-corrected chi connectivity index (χ2v) is 11.0. The zero-order valence-corrected chi connectivity index (χ0v) is 22.3. The average molecular weight is 572 g/mol. The molecule has 0 bridgehead atoms. The van der Waals surface area contributed by atoms with Crippen LogP contribution in [0.5, 0.6) is 11.5 Å². The molecule has 5 rings (SSSR count). The van der Waals surface area contributed by atoms with E-state index >= 15 is 0 Å². The Morgan fingerprint density at radius 3 is 2.27 bits per heavy atom. The molecule has 2 fully saturated rings. The van der Waals surface area contributed by atoms with Gasteiger partial charge in [-0.25, -0.2) is 0 Å². The van der Waals surface area contributed by atoms with E-state index in [2.05, 4.69) is 0 Å². The lowest BCUT2D eigenvalue weighted by Gasteiger charge is -2.47. The van der Waals surface area contributed by atoms with Crippen LogP contribution < -0.4 is 9.47 Å². The molecule has 2 heterocycles. The predicted octanol–water partition coefficient (Wildman–Crippen LogP) is 6.86. The summed E-state index contributed by atoms with van der Waals surface area (Å²) in [7, 11) is 1.37. The minimum absolute atomic E-state index is 0.0166. The molecule has 11 heteroatoms. The number of nitrogens with zero attached hydrogens (tertiary/aromatic N) is 1. The third-order valence-corrected chi connectivity index (χ3v) is 8.42. The van der Waals surface area contributed by atoms with Crippen molar-refractivity contribution in [3.8, 4) is 11.5 Å². The number of alkyl halides is 6. The van der Waals surface area contributed by atoms with Gasteiger partial charge in [0.1, 0.15) is 12.7 Å². The van der Waals surface area contributed by atoms with Gasteiger partial charge >= 0.3 is 18.3 Å². The molecule has 4 atom stereocenters. The molecule has 40 heavy (non-hydrogen) atoms. The Labute approximate surface area is 228 Å². The first kappa shape index (κ1) is 28.6. The minimum atomic E-state index is -4.77. The summed E-state index contributed by atoms with van der Waals surface area (Å²) in [6.45, 7) is 4.29. The number of rotatable bonds is 7. The van der Waals surface area contributed by atoms with Crippen LogP contribution in [0.2, 0.25) is 0 Å². The van der Waals surface area contributed by atoms with Gasteiger partial charge < -0.3 is 14.2 Å². The molecule has 0 aromatic heterocycles. The van der Waals surface area contributed by atoms with Gasteiger partial charge in [0.05, 0.1) is 24.2 Å². The fourth-order valence-electron chi connectivity index (χ4n) is 5.94. The van der Waals surface area contributed by atoms with E-state index in [1.165, 1.54) is 14.0 Å². The summed E-state index contributed by atoms with van der Waals surface area (Å²) in [6.07, 6.45) is -7.83. The van der Waals surface area contributed by atoms with Crippen molar-refractivity contribution in [3.05, 3.63) is 58.7 Å². The van der Waals surface area contributed by atoms with E-state index in [0.29, 0.717) is 48.7 Å². The van der Waals surface area contributed by atoms with E-state index in [1.54, 1.807) is 4.90 Å². The Morgan fingerprint density at radius 2 is 1.68 bits per heavy atom. The van der Waals surface area contributed by atoms with Crippen LogP contribution in [0.1, 0.15) is 60.9 Å². The summed E-state index contributed by atoms with van der Waals surface area (Å²) in [5.74, 6) is 0.804.